The fourth-order valence-electron chi connectivity index (χ4n) is 1.61. The molecule has 5 heteroatoms. The lowest BCUT2D eigenvalue weighted by molar-refractivity contribution is 0.687. The molecule has 0 bridgehead atoms. The van der Waals surface area contributed by atoms with Crippen LogP contribution in [-0.4, -0.2) is 14.8 Å². The van der Waals surface area contributed by atoms with E-state index in [2.05, 4.69) is 28.5 Å². The highest BCUT2D eigenvalue weighted by molar-refractivity contribution is 7.11. The number of hydrogen-bond donors (Lipinski definition) is 1. The van der Waals surface area contributed by atoms with E-state index in [1.807, 2.05) is 24.9 Å². The van der Waals surface area contributed by atoms with Gasteiger partial charge >= 0.3 is 0 Å². The topological polar surface area (TPSA) is 42.7 Å². The number of nitrogens with zero attached hydrogens (tertiary/aromatic N) is 3. The van der Waals surface area contributed by atoms with Crippen LogP contribution in [0.1, 0.15) is 21.1 Å². The zero-order chi connectivity index (χ0) is 11.5. The van der Waals surface area contributed by atoms with Crippen molar-refractivity contribution in [2.75, 3.05) is 0 Å². The highest BCUT2D eigenvalue weighted by atomic mass is 32.1. The van der Waals surface area contributed by atoms with Gasteiger partial charge in [-0.05, 0) is 13.8 Å². The first-order chi connectivity index (χ1) is 7.65. The van der Waals surface area contributed by atoms with Crippen LogP contribution in [0.3, 0.4) is 0 Å². The van der Waals surface area contributed by atoms with Crippen molar-refractivity contribution in [1.82, 2.24) is 20.1 Å². The lowest BCUT2D eigenvalue weighted by atomic mass is 10.2. The predicted molar refractivity (Wildman–Crippen MR) is 65.3 cm³/mol. The van der Waals surface area contributed by atoms with Crippen molar-refractivity contribution in [3.05, 3.63) is 33.5 Å². The van der Waals surface area contributed by atoms with Gasteiger partial charge in [-0.1, -0.05) is 0 Å². The summed E-state index contributed by atoms with van der Waals surface area (Å²) in [5.41, 5.74) is 2.33. The Morgan fingerprint density at radius 1 is 1.38 bits per heavy atom. The average Bonchev–Trinajstić information content (AvgIpc) is 2.74. The molecule has 1 N–H and O–H groups in total. The van der Waals surface area contributed by atoms with Gasteiger partial charge in [-0.25, -0.2) is 4.98 Å². The normalized spacial score (nSPS) is 10.9. The van der Waals surface area contributed by atoms with E-state index in [1.54, 1.807) is 11.3 Å². The monoisotopic (exact) mass is 236 g/mol. The van der Waals surface area contributed by atoms with Gasteiger partial charge in [0.05, 0.1) is 5.69 Å². The molecule has 2 aromatic heterocycles. The molecule has 0 radical (unpaired) electrons. The average molecular weight is 236 g/mol. The van der Waals surface area contributed by atoms with Gasteiger partial charge in [0.15, 0.2) is 0 Å². The van der Waals surface area contributed by atoms with E-state index in [-0.39, 0.29) is 0 Å². The number of hydrogen-bond acceptors (Lipinski definition) is 4. The number of thiazole rings is 1. The smallest absolute Gasteiger partial charge is 0.107 e. The van der Waals surface area contributed by atoms with Crippen LogP contribution in [0.2, 0.25) is 0 Å². The summed E-state index contributed by atoms with van der Waals surface area (Å²) in [6, 6.07) is 0. The minimum absolute atomic E-state index is 0.826. The summed E-state index contributed by atoms with van der Waals surface area (Å²) in [6.07, 6.45) is 3.96. The Balaban J connectivity index is 1.86. The maximum Gasteiger partial charge on any atom is 0.107 e. The molecule has 2 heterocycles. The van der Waals surface area contributed by atoms with Crippen LogP contribution in [0.4, 0.5) is 0 Å². The molecule has 0 spiro atoms. The molecule has 0 atom stereocenters. The van der Waals surface area contributed by atoms with Gasteiger partial charge in [-0.15, -0.1) is 11.3 Å². The fourth-order valence-corrected chi connectivity index (χ4v) is 2.37. The highest BCUT2D eigenvalue weighted by Crippen LogP contribution is 2.11. The Kier molecular flexibility index (Phi) is 3.36. The lowest BCUT2D eigenvalue weighted by Crippen LogP contribution is -2.12. The van der Waals surface area contributed by atoms with E-state index < -0.39 is 0 Å². The molecule has 0 saturated heterocycles. The third kappa shape index (κ3) is 2.68. The molecule has 0 fully saturated rings. The molecule has 0 aliphatic rings. The number of aromatic nitrogens is 3. The fraction of sp³-hybridized carbons (Fsp3) is 0.455. The minimum Gasteiger partial charge on any atom is -0.306 e. The van der Waals surface area contributed by atoms with Gasteiger partial charge in [0.2, 0.25) is 0 Å². The van der Waals surface area contributed by atoms with Gasteiger partial charge in [0.1, 0.15) is 5.01 Å². The summed E-state index contributed by atoms with van der Waals surface area (Å²) in [4.78, 5) is 5.57. The number of nitrogens with one attached hydrogen (secondary N) is 1. The summed E-state index contributed by atoms with van der Waals surface area (Å²) >= 11 is 1.74. The van der Waals surface area contributed by atoms with E-state index in [4.69, 9.17) is 0 Å². The third-order valence-corrected chi connectivity index (χ3v) is 3.29. The van der Waals surface area contributed by atoms with Gasteiger partial charge in [-0.2, -0.15) is 5.10 Å². The maximum atomic E-state index is 4.31. The van der Waals surface area contributed by atoms with E-state index >= 15 is 0 Å². The van der Waals surface area contributed by atoms with Crippen LogP contribution < -0.4 is 5.32 Å². The van der Waals surface area contributed by atoms with Crippen LogP contribution in [0, 0.1) is 13.8 Å². The van der Waals surface area contributed by atoms with Crippen molar-refractivity contribution < 1.29 is 0 Å². The molecule has 0 saturated carbocycles. The molecule has 4 nitrogen and oxygen atoms in total. The molecule has 16 heavy (non-hydrogen) atoms. The van der Waals surface area contributed by atoms with E-state index in [0.29, 0.717) is 0 Å². The first kappa shape index (κ1) is 11.3. The highest BCUT2D eigenvalue weighted by Gasteiger charge is 2.03. The van der Waals surface area contributed by atoms with E-state index in [9.17, 15) is 0 Å². The zero-order valence-corrected chi connectivity index (χ0v) is 10.6. The molecular weight excluding hydrogens is 220 g/mol. The lowest BCUT2D eigenvalue weighted by Gasteiger charge is -2.00. The molecule has 0 unspecified atom stereocenters. The van der Waals surface area contributed by atoms with Crippen molar-refractivity contribution >= 4 is 11.3 Å². The predicted octanol–water partition coefficient (Wildman–Crippen LogP) is 1.78. The molecular formula is C11H16N4S. The van der Waals surface area contributed by atoms with E-state index in [1.165, 1.54) is 10.4 Å². The van der Waals surface area contributed by atoms with Crippen molar-refractivity contribution in [2.24, 2.45) is 7.05 Å². The van der Waals surface area contributed by atoms with Crippen LogP contribution >= 0.6 is 11.3 Å². The van der Waals surface area contributed by atoms with E-state index in [0.717, 1.165) is 23.8 Å². The quantitative estimate of drug-likeness (QED) is 0.880. The molecule has 0 aliphatic carbocycles. The molecule has 86 valence electrons. The van der Waals surface area contributed by atoms with Gasteiger partial charge in [-0.3, -0.25) is 4.68 Å². The maximum absolute atomic E-state index is 4.31. The van der Waals surface area contributed by atoms with Gasteiger partial charge < -0.3 is 5.32 Å². The van der Waals surface area contributed by atoms with Crippen LogP contribution in [-0.2, 0) is 20.1 Å². The SMILES string of the molecule is Cc1cnc(CNCc2cn(C)nc2C)s1. The molecule has 0 amide bonds. The van der Waals surface area contributed by atoms with Crippen LogP contribution in [0.5, 0.6) is 0 Å². The van der Waals surface area contributed by atoms with Crippen molar-refractivity contribution in [1.29, 1.82) is 0 Å². The number of aryl methyl sites for hydroxylation is 3. The Bertz CT molecular complexity index is 472. The van der Waals surface area contributed by atoms with Gasteiger partial charge in [0.25, 0.3) is 0 Å². The first-order valence-corrected chi connectivity index (χ1v) is 6.08. The van der Waals surface area contributed by atoms with Crippen LogP contribution in [0.25, 0.3) is 0 Å². The minimum atomic E-state index is 0.826. The van der Waals surface area contributed by atoms with Crippen molar-refractivity contribution in [3.63, 3.8) is 0 Å². The van der Waals surface area contributed by atoms with Gasteiger partial charge in [0, 0.05) is 43.0 Å². The van der Waals surface area contributed by atoms with Crippen molar-refractivity contribution in [3.8, 4) is 0 Å². The second-order valence-corrected chi connectivity index (χ2v) is 5.20. The summed E-state index contributed by atoms with van der Waals surface area (Å²) in [7, 11) is 1.95. The Morgan fingerprint density at radius 3 is 2.75 bits per heavy atom. The molecule has 0 aliphatic heterocycles. The first-order valence-electron chi connectivity index (χ1n) is 5.26. The Labute approximate surface area is 99.3 Å². The zero-order valence-electron chi connectivity index (χ0n) is 9.82. The second-order valence-electron chi connectivity index (χ2n) is 3.88. The van der Waals surface area contributed by atoms with Crippen molar-refractivity contribution in [2.45, 2.75) is 26.9 Å². The Hall–Kier alpha value is -1.20. The standard InChI is InChI=1S/C11H16N4S/c1-8-4-13-11(16-8)6-12-5-10-7-15(3)14-9(10)2/h4,7,12H,5-6H2,1-3H3. The summed E-state index contributed by atoms with van der Waals surface area (Å²) in [5, 5.41) is 8.82. The summed E-state index contributed by atoms with van der Waals surface area (Å²) in [5.74, 6) is 0. The Morgan fingerprint density at radius 2 is 2.19 bits per heavy atom. The van der Waals surface area contributed by atoms with Crippen LogP contribution in [0.15, 0.2) is 12.4 Å². The third-order valence-electron chi connectivity index (χ3n) is 2.38. The largest absolute Gasteiger partial charge is 0.306 e. The molecule has 2 aromatic rings. The summed E-state index contributed by atoms with van der Waals surface area (Å²) in [6.45, 7) is 5.78. The second kappa shape index (κ2) is 4.76. The molecule has 0 aromatic carbocycles. The molecule has 2 rings (SSSR count). The summed E-state index contributed by atoms with van der Waals surface area (Å²) < 4.78 is 1.85. The number of rotatable bonds is 4.